The first-order chi connectivity index (χ1) is 7.34. The first-order valence-corrected chi connectivity index (χ1v) is 8.63. The fraction of sp³-hybridized carbons (Fsp3) is 1.00. The highest BCUT2D eigenvalue weighted by molar-refractivity contribution is 8.00. The molecule has 1 rings (SSSR count). The molecular formula is C12H25NS2. The molecule has 0 aromatic carbocycles. The molecule has 15 heavy (non-hydrogen) atoms. The summed E-state index contributed by atoms with van der Waals surface area (Å²) < 4.78 is 0. The van der Waals surface area contributed by atoms with Crippen LogP contribution in [0.3, 0.4) is 0 Å². The molecule has 0 saturated carbocycles. The van der Waals surface area contributed by atoms with Crippen LogP contribution in [0.1, 0.15) is 39.0 Å². The summed E-state index contributed by atoms with van der Waals surface area (Å²) in [5.74, 6) is 2.70. The van der Waals surface area contributed by atoms with Crippen LogP contribution in [0, 0.1) is 0 Å². The van der Waals surface area contributed by atoms with E-state index in [9.17, 15) is 0 Å². The van der Waals surface area contributed by atoms with Gasteiger partial charge in [-0.2, -0.15) is 23.5 Å². The lowest BCUT2D eigenvalue weighted by molar-refractivity contribution is 0.454. The van der Waals surface area contributed by atoms with Crippen molar-refractivity contribution in [2.75, 3.05) is 24.3 Å². The molecule has 0 bridgehead atoms. The van der Waals surface area contributed by atoms with Gasteiger partial charge in [0.15, 0.2) is 0 Å². The third-order valence-corrected chi connectivity index (χ3v) is 5.11. The largest absolute Gasteiger partial charge is 0.313 e. The van der Waals surface area contributed by atoms with Crippen LogP contribution >= 0.6 is 23.5 Å². The molecule has 1 aliphatic rings. The first kappa shape index (κ1) is 13.7. The van der Waals surface area contributed by atoms with Crippen LogP contribution in [0.5, 0.6) is 0 Å². The highest BCUT2D eigenvalue weighted by Crippen LogP contribution is 2.24. The van der Waals surface area contributed by atoms with Gasteiger partial charge in [-0.3, -0.25) is 0 Å². The van der Waals surface area contributed by atoms with E-state index in [2.05, 4.69) is 30.3 Å². The normalized spacial score (nSPS) is 26.8. The van der Waals surface area contributed by atoms with E-state index in [-0.39, 0.29) is 0 Å². The second-order valence-corrected chi connectivity index (χ2v) is 6.80. The van der Waals surface area contributed by atoms with Crippen LogP contribution in [-0.2, 0) is 0 Å². The molecule has 1 aliphatic heterocycles. The molecule has 1 heterocycles. The number of nitrogens with one attached hydrogen (secondary N) is 1. The van der Waals surface area contributed by atoms with Crippen LogP contribution in [0.15, 0.2) is 0 Å². The zero-order valence-electron chi connectivity index (χ0n) is 10.1. The summed E-state index contributed by atoms with van der Waals surface area (Å²) in [4.78, 5) is 0. The van der Waals surface area contributed by atoms with Crippen molar-refractivity contribution in [2.45, 2.75) is 50.3 Å². The van der Waals surface area contributed by atoms with Gasteiger partial charge in [-0.1, -0.05) is 13.3 Å². The molecule has 1 saturated heterocycles. The monoisotopic (exact) mass is 247 g/mol. The molecule has 2 unspecified atom stereocenters. The van der Waals surface area contributed by atoms with Crippen molar-refractivity contribution in [3.8, 4) is 0 Å². The molecule has 1 fully saturated rings. The molecule has 0 spiro atoms. The van der Waals surface area contributed by atoms with Gasteiger partial charge in [0, 0.05) is 11.3 Å². The van der Waals surface area contributed by atoms with Gasteiger partial charge in [0.2, 0.25) is 0 Å². The lowest BCUT2D eigenvalue weighted by Gasteiger charge is -2.29. The average Bonchev–Trinajstić information content (AvgIpc) is 2.25. The minimum atomic E-state index is 0.782. The highest BCUT2D eigenvalue weighted by atomic mass is 32.2. The van der Waals surface area contributed by atoms with E-state index in [0.717, 1.165) is 11.3 Å². The summed E-state index contributed by atoms with van der Waals surface area (Å²) in [6, 6.07) is 0.782. The topological polar surface area (TPSA) is 12.0 Å². The molecular weight excluding hydrogens is 222 g/mol. The molecule has 0 radical (unpaired) electrons. The van der Waals surface area contributed by atoms with Crippen LogP contribution in [-0.4, -0.2) is 35.6 Å². The highest BCUT2D eigenvalue weighted by Gasteiger charge is 2.20. The predicted molar refractivity (Wildman–Crippen MR) is 75.2 cm³/mol. The van der Waals surface area contributed by atoms with Crippen molar-refractivity contribution in [2.24, 2.45) is 0 Å². The Morgan fingerprint density at radius 2 is 2.20 bits per heavy atom. The average molecular weight is 247 g/mol. The lowest BCUT2D eigenvalue weighted by Crippen LogP contribution is -2.39. The second kappa shape index (κ2) is 8.77. The summed E-state index contributed by atoms with van der Waals surface area (Å²) in [6.45, 7) is 3.60. The maximum Gasteiger partial charge on any atom is 0.0184 e. The van der Waals surface area contributed by atoms with Crippen molar-refractivity contribution in [1.82, 2.24) is 5.32 Å². The summed E-state index contributed by atoms with van der Waals surface area (Å²) in [5, 5.41) is 4.54. The Hall–Kier alpha value is 0.660. The number of hydrogen-bond acceptors (Lipinski definition) is 3. The van der Waals surface area contributed by atoms with E-state index in [0.29, 0.717) is 0 Å². The van der Waals surface area contributed by atoms with E-state index >= 15 is 0 Å². The van der Waals surface area contributed by atoms with Crippen molar-refractivity contribution >= 4 is 23.5 Å². The van der Waals surface area contributed by atoms with Gasteiger partial charge in [-0.05, 0) is 50.0 Å². The maximum absolute atomic E-state index is 3.72. The molecule has 0 aliphatic carbocycles. The molecule has 90 valence electrons. The van der Waals surface area contributed by atoms with Crippen molar-refractivity contribution < 1.29 is 0 Å². The van der Waals surface area contributed by atoms with Gasteiger partial charge in [-0.25, -0.2) is 0 Å². The quantitative estimate of drug-likeness (QED) is 0.693. The van der Waals surface area contributed by atoms with Gasteiger partial charge >= 0.3 is 0 Å². The van der Waals surface area contributed by atoms with E-state index in [4.69, 9.17) is 0 Å². The number of hydrogen-bond donors (Lipinski definition) is 1. The van der Waals surface area contributed by atoms with Gasteiger partial charge < -0.3 is 5.32 Å². The Kier molecular flexibility index (Phi) is 8.02. The van der Waals surface area contributed by atoms with Gasteiger partial charge in [-0.15, -0.1) is 0 Å². The summed E-state index contributed by atoms with van der Waals surface area (Å²) in [6.07, 6.45) is 9.12. The third kappa shape index (κ3) is 6.08. The molecule has 2 atom stereocenters. The third-order valence-electron chi connectivity index (χ3n) is 3.04. The molecule has 1 N–H and O–H groups in total. The zero-order chi connectivity index (χ0) is 10.9. The lowest BCUT2D eigenvalue weighted by atomic mass is 10.1. The fourth-order valence-electron chi connectivity index (χ4n) is 2.03. The van der Waals surface area contributed by atoms with Crippen LogP contribution in [0.2, 0.25) is 0 Å². The molecule has 3 heteroatoms. The van der Waals surface area contributed by atoms with Crippen LogP contribution in [0.25, 0.3) is 0 Å². The Morgan fingerprint density at radius 3 is 2.93 bits per heavy atom. The number of thioether (sulfide) groups is 2. The minimum Gasteiger partial charge on any atom is -0.313 e. The van der Waals surface area contributed by atoms with Gasteiger partial charge in [0.05, 0.1) is 0 Å². The van der Waals surface area contributed by atoms with Crippen molar-refractivity contribution in [3.05, 3.63) is 0 Å². The summed E-state index contributed by atoms with van der Waals surface area (Å²) >= 11 is 4.10. The SMILES string of the molecule is CSCCCCCNC1CCCSC1C. The fourth-order valence-corrected chi connectivity index (χ4v) is 3.69. The Balaban J connectivity index is 1.94. The van der Waals surface area contributed by atoms with E-state index in [1.54, 1.807) is 0 Å². The van der Waals surface area contributed by atoms with E-state index < -0.39 is 0 Å². The van der Waals surface area contributed by atoms with Crippen molar-refractivity contribution in [1.29, 1.82) is 0 Å². The number of rotatable bonds is 7. The van der Waals surface area contributed by atoms with Crippen molar-refractivity contribution in [3.63, 3.8) is 0 Å². The Labute approximate surface area is 104 Å². The van der Waals surface area contributed by atoms with Gasteiger partial charge in [0.25, 0.3) is 0 Å². The van der Waals surface area contributed by atoms with E-state index in [1.807, 2.05) is 11.8 Å². The molecule has 0 amide bonds. The molecule has 0 aromatic rings. The molecule has 1 nitrogen and oxygen atoms in total. The predicted octanol–water partition coefficient (Wildman–Crippen LogP) is 3.39. The standard InChI is InChI=1S/C12H25NS2/c1-11-12(7-6-10-15-11)13-8-4-3-5-9-14-2/h11-13H,3-10H2,1-2H3. The maximum atomic E-state index is 3.72. The molecule has 0 aromatic heterocycles. The Bertz CT molecular complexity index is 153. The minimum absolute atomic E-state index is 0.782. The zero-order valence-corrected chi connectivity index (χ0v) is 11.8. The summed E-state index contributed by atoms with van der Waals surface area (Å²) in [7, 11) is 0. The number of unbranched alkanes of at least 4 members (excludes halogenated alkanes) is 2. The van der Waals surface area contributed by atoms with E-state index in [1.165, 1.54) is 50.2 Å². The summed E-state index contributed by atoms with van der Waals surface area (Å²) in [5.41, 5.74) is 0. The smallest absolute Gasteiger partial charge is 0.0184 e. The van der Waals surface area contributed by atoms with Crippen LogP contribution in [0.4, 0.5) is 0 Å². The van der Waals surface area contributed by atoms with Crippen LogP contribution < -0.4 is 5.32 Å². The first-order valence-electron chi connectivity index (χ1n) is 6.18. The van der Waals surface area contributed by atoms with Gasteiger partial charge in [0.1, 0.15) is 0 Å². The Morgan fingerprint density at radius 1 is 1.33 bits per heavy atom. The second-order valence-electron chi connectivity index (χ2n) is 4.33.